The lowest BCUT2D eigenvalue weighted by atomic mass is 9.97. The summed E-state index contributed by atoms with van der Waals surface area (Å²) in [4.78, 5) is 2.18. The molecule has 0 N–H and O–H groups in total. The number of nitrogens with zero attached hydrogens (tertiary/aromatic N) is 1. The second-order valence-corrected chi connectivity index (χ2v) is 10.4. The monoisotopic (exact) mass is 569 g/mol. The van der Waals surface area contributed by atoms with E-state index in [9.17, 15) is 4.39 Å². The number of halogens is 1. The number of hydrogen-bond acceptors (Lipinski definition) is 1. The van der Waals surface area contributed by atoms with Crippen LogP contribution in [0.4, 0.5) is 15.8 Å². The van der Waals surface area contributed by atoms with E-state index in [0.29, 0.717) is 0 Å². The van der Waals surface area contributed by atoms with E-state index in [1.54, 1.807) is 0 Å². The predicted octanol–water partition coefficient (Wildman–Crippen LogP) is 11.2. The summed E-state index contributed by atoms with van der Waals surface area (Å²) in [5, 5.41) is 0. The summed E-state index contributed by atoms with van der Waals surface area (Å²) in [6.07, 6.45) is 8.55. The van der Waals surface area contributed by atoms with Gasteiger partial charge >= 0.3 is 0 Å². The average Bonchev–Trinajstić information content (AvgIpc) is 3.10. The number of para-hydroxylation sites is 1. The van der Waals surface area contributed by atoms with Gasteiger partial charge in [-0.3, -0.25) is 0 Å². The normalized spacial score (nSPS) is 11.3. The van der Waals surface area contributed by atoms with Gasteiger partial charge in [0.15, 0.2) is 0 Å². The van der Waals surface area contributed by atoms with Crippen molar-refractivity contribution in [3.63, 3.8) is 0 Å². The van der Waals surface area contributed by atoms with Crippen molar-refractivity contribution in [3.05, 3.63) is 222 Å². The van der Waals surface area contributed by atoms with Gasteiger partial charge in [0.25, 0.3) is 0 Å². The van der Waals surface area contributed by atoms with E-state index in [0.717, 1.165) is 33.6 Å². The first-order chi connectivity index (χ1) is 21.7. The molecule has 44 heavy (non-hydrogen) atoms. The van der Waals surface area contributed by atoms with Gasteiger partial charge in [-0.25, -0.2) is 4.39 Å². The standard InChI is InChI=1S/C42H32FN/c43-38-28-26-37(27-29-38)42(36-19-9-3-10-20-36)32-44(39-21-11-4-12-22-39)40-30-24-33(25-31-40)14-13-23-41(34-15-5-1-6-16-34)35-17-7-2-8-18-35/h1-32H/b14-13?,42-32-. The third-order valence-corrected chi connectivity index (χ3v) is 7.42. The molecule has 1 nitrogen and oxygen atoms in total. The van der Waals surface area contributed by atoms with Crippen molar-refractivity contribution in [2.75, 3.05) is 4.90 Å². The number of hydrogen-bond donors (Lipinski definition) is 0. The van der Waals surface area contributed by atoms with Gasteiger partial charge in [-0.2, -0.15) is 0 Å². The number of allylic oxidation sites excluding steroid dienone is 2. The highest BCUT2D eigenvalue weighted by Crippen LogP contribution is 2.32. The zero-order valence-corrected chi connectivity index (χ0v) is 24.3. The van der Waals surface area contributed by atoms with Gasteiger partial charge in [-0.15, -0.1) is 0 Å². The largest absolute Gasteiger partial charge is 0.317 e. The first-order valence-corrected chi connectivity index (χ1v) is 14.7. The van der Waals surface area contributed by atoms with Crippen LogP contribution in [0.1, 0.15) is 27.8 Å². The molecule has 0 aromatic heterocycles. The second kappa shape index (κ2) is 14.0. The highest BCUT2D eigenvalue weighted by Gasteiger charge is 2.12. The van der Waals surface area contributed by atoms with E-state index in [4.69, 9.17) is 0 Å². The molecule has 6 rings (SSSR count). The lowest BCUT2D eigenvalue weighted by molar-refractivity contribution is 0.627. The molecule has 0 atom stereocenters. The minimum atomic E-state index is -0.251. The summed E-state index contributed by atoms with van der Waals surface area (Å²) < 4.78 is 13.8. The SMILES string of the molecule is Fc1ccc(/C(=C\N(c2ccccc2)c2ccc(C=CC=C(c3ccccc3)c3ccccc3)cc2)c2ccccc2)cc1. The van der Waals surface area contributed by atoms with Crippen LogP contribution < -0.4 is 4.90 Å². The van der Waals surface area contributed by atoms with Crippen molar-refractivity contribution in [2.24, 2.45) is 0 Å². The van der Waals surface area contributed by atoms with Crippen LogP contribution in [0.15, 0.2) is 188 Å². The third kappa shape index (κ3) is 7.00. The van der Waals surface area contributed by atoms with Crippen molar-refractivity contribution >= 4 is 28.6 Å². The minimum absolute atomic E-state index is 0.251. The molecule has 0 aliphatic carbocycles. The van der Waals surface area contributed by atoms with Crippen LogP contribution in [0.3, 0.4) is 0 Å². The van der Waals surface area contributed by atoms with Crippen LogP contribution in [-0.4, -0.2) is 0 Å². The molecule has 0 aliphatic heterocycles. The maximum absolute atomic E-state index is 13.8. The smallest absolute Gasteiger partial charge is 0.123 e. The minimum Gasteiger partial charge on any atom is -0.317 e. The van der Waals surface area contributed by atoms with E-state index in [1.807, 2.05) is 60.7 Å². The Morgan fingerprint density at radius 1 is 0.432 bits per heavy atom. The highest BCUT2D eigenvalue weighted by molar-refractivity contribution is 5.84. The lowest BCUT2D eigenvalue weighted by Gasteiger charge is -2.23. The van der Waals surface area contributed by atoms with E-state index >= 15 is 0 Å². The van der Waals surface area contributed by atoms with Crippen LogP contribution in [0.2, 0.25) is 0 Å². The van der Waals surface area contributed by atoms with Crippen molar-refractivity contribution in [1.29, 1.82) is 0 Å². The lowest BCUT2D eigenvalue weighted by Crippen LogP contribution is -2.10. The van der Waals surface area contributed by atoms with Crippen molar-refractivity contribution in [1.82, 2.24) is 0 Å². The molecular weight excluding hydrogens is 537 g/mol. The Kier molecular flexibility index (Phi) is 9.01. The van der Waals surface area contributed by atoms with E-state index < -0.39 is 0 Å². The van der Waals surface area contributed by atoms with E-state index in [1.165, 1.54) is 28.8 Å². The summed E-state index contributed by atoms with van der Waals surface area (Å²) >= 11 is 0. The van der Waals surface area contributed by atoms with Gasteiger partial charge in [0.05, 0.1) is 0 Å². The van der Waals surface area contributed by atoms with Crippen molar-refractivity contribution in [2.45, 2.75) is 0 Å². The van der Waals surface area contributed by atoms with Gasteiger partial charge in [0, 0.05) is 23.1 Å². The highest BCUT2D eigenvalue weighted by atomic mass is 19.1. The first-order valence-electron chi connectivity index (χ1n) is 14.7. The predicted molar refractivity (Wildman–Crippen MR) is 184 cm³/mol. The first kappa shape index (κ1) is 28.4. The number of rotatable bonds is 9. The molecule has 0 spiro atoms. The number of anilines is 2. The molecule has 0 bridgehead atoms. The fourth-order valence-electron chi connectivity index (χ4n) is 5.17. The average molecular weight is 570 g/mol. The molecule has 0 unspecified atom stereocenters. The van der Waals surface area contributed by atoms with Gasteiger partial charge in [0.1, 0.15) is 5.82 Å². The molecule has 0 fully saturated rings. The summed E-state index contributed by atoms with van der Waals surface area (Å²) in [5.74, 6) is -0.251. The Morgan fingerprint density at radius 3 is 1.39 bits per heavy atom. The summed E-state index contributed by atoms with van der Waals surface area (Å²) in [7, 11) is 0. The van der Waals surface area contributed by atoms with Crippen molar-refractivity contribution in [3.8, 4) is 0 Å². The van der Waals surface area contributed by atoms with Gasteiger partial charge < -0.3 is 4.90 Å². The van der Waals surface area contributed by atoms with Crippen LogP contribution >= 0.6 is 0 Å². The van der Waals surface area contributed by atoms with Gasteiger partial charge in [-0.05, 0) is 69.8 Å². The Hall–Kier alpha value is -5.73. The molecule has 6 aromatic rings. The van der Waals surface area contributed by atoms with Crippen LogP contribution in [-0.2, 0) is 0 Å². The second-order valence-electron chi connectivity index (χ2n) is 10.4. The molecule has 0 saturated carbocycles. The summed E-state index contributed by atoms with van der Waals surface area (Å²) in [6.45, 7) is 0. The van der Waals surface area contributed by atoms with E-state index in [2.05, 4.69) is 126 Å². The van der Waals surface area contributed by atoms with E-state index in [-0.39, 0.29) is 5.82 Å². The third-order valence-electron chi connectivity index (χ3n) is 7.42. The summed E-state index contributed by atoms with van der Waals surface area (Å²) in [5.41, 5.74) is 9.68. The molecule has 0 aliphatic rings. The summed E-state index contributed by atoms with van der Waals surface area (Å²) in [6, 6.07) is 56.6. The maximum Gasteiger partial charge on any atom is 0.123 e. The zero-order chi connectivity index (χ0) is 30.0. The van der Waals surface area contributed by atoms with Crippen LogP contribution in [0.25, 0.3) is 17.2 Å². The Balaban J connectivity index is 1.35. The maximum atomic E-state index is 13.8. The fourth-order valence-corrected chi connectivity index (χ4v) is 5.17. The molecule has 0 amide bonds. The quantitative estimate of drug-likeness (QED) is 0.157. The Labute approximate surface area is 259 Å². The molecule has 2 heteroatoms. The zero-order valence-electron chi connectivity index (χ0n) is 24.3. The molecule has 0 radical (unpaired) electrons. The van der Waals surface area contributed by atoms with Crippen LogP contribution in [0, 0.1) is 5.82 Å². The molecular formula is C42H32FN. The molecule has 6 aromatic carbocycles. The van der Waals surface area contributed by atoms with Gasteiger partial charge in [0.2, 0.25) is 0 Å². The Bertz CT molecular complexity index is 1810. The molecule has 0 heterocycles. The van der Waals surface area contributed by atoms with Crippen LogP contribution in [0.5, 0.6) is 0 Å². The van der Waals surface area contributed by atoms with Gasteiger partial charge in [-0.1, -0.05) is 152 Å². The number of benzene rings is 6. The topological polar surface area (TPSA) is 3.24 Å². The molecule has 212 valence electrons. The van der Waals surface area contributed by atoms with Crippen molar-refractivity contribution < 1.29 is 4.39 Å². The Morgan fingerprint density at radius 2 is 0.864 bits per heavy atom. The fraction of sp³-hybridized carbons (Fsp3) is 0. The molecule has 0 saturated heterocycles.